The highest BCUT2D eigenvalue weighted by Gasteiger charge is 2.51. The monoisotopic (exact) mass is 642 g/mol. The van der Waals surface area contributed by atoms with E-state index in [1.165, 1.54) is 25.2 Å². The number of rotatable bonds is 14. The van der Waals surface area contributed by atoms with Gasteiger partial charge in [-0.15, -0.1) is 0 Å². The third-order valence-electron chi connectivity index (χ3n) is 6.80. The van der Waals surface area contributed by atoms with E-state index >= 15 is 0 Å². The van der Waals surface area contributed by atoms with Crippen LogP contribution in [-0.4, -0.2) is 51.8 Å². The fourth-order valence-electron chi connectivity index (χ4n) is 4.33. The van der Waals surface area contributed by atoms with E-state index in [0.29, 0.717) is 11.1 Å². The minimum Gasteiger partial charge on any atom is -0.480 e. The zero-order chi connectivity index (χ0) is 32.4. The number of carboxylic acid groups (broad SMARTS) is 1. The lowest BCUT2D eigenvalue weighted by Gasteiger charge is -2.37. The molecule has 0 aliphatic rings. The van der Waals surface area contributed by atoms with Gasteiger partial charge in [0, 0.05) is 6.92 Å². The predicted molar refractivity (Wildman–Crippen MR) is 164 cm³/mol. The molecule has 0 fully saturated rings. The minimum absolute atomic E-state index is 0.168. The van der Waals surface area contributed by atoms with E-state index in [4.69, 9.17) is 9.47 Å². The fraction of sp³-hybridized carbons (Fsp3) is 0.355. The summed E-state index contributed by atoms with van der Waals surface area (Å²) in [5.41, 5.74) is 2.76. The molecule has 0 bridgehead atoms. The molecule has 11 nitrogen and oxygen atoms in total. The number of hydrogen-bond acceptors (Lipinski definition) is 9. The average molecular weight is 643 g/mol. The van der Waals surface area contributed by atoms with Crippen molar-refractivity contribution in [1.29, 1.82) is 0 Å². The molecule has 5 atom stereocenters. The van der Waals surface area contributed by atoms with Gasteiger partial charge in [-0.1, -0.05) is 68.4 Å². The number of thiophene rings is 1. The second-order valence-corrected chi connectivity index (χ2v) is 12.1. The number of alkyl carbamates (subject to hydrolysis) is 1. The Morgan fingerprint density at radius 2 is 1.55 bits per heavy atom. The molecule has 2 aromatic carbocycles. The topological polar surface area (TPSA) is 168 Å². The van der Waals surface area contributed by atoms with Crippen molar-refractivity contribution >= 4 is 43.7 Å². The standard InChI is InChI=1S/C31H35N2O9PS/c1-18(2)29(37)41-20(4)42-30(38)33-26(24-14-15-44-17-24)31(39,43-40)25(27(34)32-19(3)28(35)36)16-21-10-12-23(13-11-21)22-8-6-5-7-9-22/h5-15,17-20,25-26,39H,16H2,1-4H3,(H,32,34)(H,33,38)(H,35,36). The average Bonchev–Trinajstić information content (AvgIpc) is 3.53. The maximum absolute atomic E-state index is 13.6. The fourth-order valence-corrected chi connectivity index (χ4v) is 5.67. The molecule has 0 saturated carbocycles. The van der Waals surface area contributed by atoms with Crippen LogP contribution in [0.15, 0.2) is 71.4 Å². The van der Waals surface area contributed by atoms with Gasteiger partial charge in [0.05, 0.1) is 17.9 Å². The first-order valence-corrected chi connectivity index (χ1v) is 15.5. The maximum Gasteiger partial charge on any atom is 0.410 e. The summed E-state index contributed by atoms with van der Waals surface area (Å²) < 4.78 is 23.1. The van der Waals surface area contributed by atoms with Gasteiger partial charge in [0.15, 0.2) is 13.8 Å². The SMILES string of the molecule is CC(OC(=O)NC(c1ccsc1)C(O)(P=O)C(Cc1ccc(-c2ccccc2)cc1)C(=O)NC(C)C(=O)O)OC(=O)C(C)C. The number of amides is 2. The number of aliphatic carboxylic acids is 1. The molecule has 2 amide bonds. The van der Waals surface area contributed by atoms with Gasteiger partial charge < -0.3 is 30.3 Å². The summed E-state index contributed by atoms with van der Waals surface area (Å²) in [4.78, 5) is 50.0. The third kappa shape index (κ3) is 8.95. The summed E-state index contributed by atoms with van der Waals surface area (Å²) in [5, 5.41) is 27.0. The van der Waals surface area contributed by atoms with Crippen molar-refractivity contribution < 1.29 is 43.4 Å². The summed E-state index contributed by atoms with van der Waals surface area (Å²) in [6, 6.07) is 15.5. The lowest BCUT2D eigenvalue weighted by Crippen LogP contribution is -2.54. The number of benzene rings is 2. The molecule has 0 aliphatic carbocycles. The van der Waals surface area contributed by atoms with Crippen LogP contribution in [0.3, 0.4) is 0 Å². The van der Waals surface area contributed by atoms with E-state index in [1.807, 2.05) is 42.5 Å². The molecule has 0 radical (unpaired) electrons. The first kappa shape index (κ1) is 34.4. The molecule has 5 unspecified atom stereocenters. The molecule has 44 heavy (non-hydrogen) atoms. The first-order chi connectivity index (χ1) is 20.8. The molecule has 0 spiro atoms. The number of carbonyl (C=O) groups is 4. The molecule has 1 heterocycles. The van der Waals surface area contributed by atoms with Crippen molar-refractivity contribution in [1.82, 2.24) is 10.6 Å². The van der Waals surface area contributed by atoms with Gasteiger partial charge in [-0.05, 0) is 52.4 Å². The zero-order valence-electron chi connectivity index (χ0n) is 24.6. The van der Waals surface area contributed by atoms with Gasteiger partial charge in [0.25, 0.3) is 0 Å². The van der Waals surface area contributed by atoms with Crippen LogP contribution in [0, 0.1) is 11.8 Å². The van der Waals surface area contributed by atoms with Crippen LogP contribution in [0.1, 0.15) is 44.9 Å². The summed E-state index contributed by atoms with van der Waals surface area (Å²) >= 11 is 1.23. The summed E-state index contributed by atoms with van der Waals surface area (Å²) in [6.45, 7) is 5.81. The van der Waals surface area contributed by atoms with Gasteiger partial charge in [-0.3, -0.25) is 18.9 Å². The van der Waals surface area contributed by atoms with Crippen LogP contribution in [0.25, 0.3) is 11.1 Å². The molecule has 13 heteroatoms. The zero-order valence-corrected chi connectivity index (χ0v) is 26.3. The number of carboxylic acids is 1. The van der Waals surface area contributed by atoms with Crippen molar-refractivity contribution in [3.05, 3.63) is 82.6 Å². The van der Waals surface area contributed by atoms with Crippen molar-refractivity contribution in [2.75, 3.05) is 0 Å². The Bertz CT molecular complexity index is 1430. The Labute approximate surface area is 260 Å². The minimum atomic E-state index is -2.49. The molecule has 4 N–H and O–H groups in total. The van der Waals surface area contributed by atoms with Crippen LogP contribution < -0.4 is 10.6 Å². The van der Waals surface area contributed by atoms with Gasteiger partial charge in [-0.2, -0.15) is 11.3 Å². The number of hydrogen-bond donors (Lipinski definition) is 4. The third-order valence-corrected chi connectivity index (χ3v) is 8.36. The van der Waals surface area contributed by atoms with Crippen molar-refractivity contribution in [2.45, 2.75) is 57.8 Å². The van der Waals surface area contributed by atoms with Crippen LogP contribution >= 0.6 is 19.8 Å². The van der Waals surface area contributed by atoms with Gasteiger partial charge in [0.1, 0.15) is 6.04 Å². The largest absolute Gasteiger partial charge is 0.480 e. The smallest absolute Gasteiger partial charge is 0.410 e. The maximum atomic E-state index is 13.6. The lowest BCUT2D eigenvalue weighted by atomic mass is 9.85. The normalized spacial score (nSPS) is 15.3. The van der Waals surface area contributed by atoms with Crippen LogP contribution in [0.4, 0.5) is 4.79 Å². The Balaban J connectivity index is 1.97. The molecule has 0 saturated heterocycles. The summed E-state index contributed by atoms with van der Waals surface area (Å²) in [5.74, 6) is -4.80. The Kier molecular flexibility index (Phi) is 12.2. The number of nitrogens with one attached hydrogen (secondary N) is 2. The molecular weight excluding hydrogens is 607 g/mol. The van der Waals surface area contributed by atoms with E-state index in [0.717, 1.165) is 11.1 Å². The second kappa shape index (κ2) is 15.6. The van der Waals surface area contributed by atoms with Crippen LogP contribution in [-0.2, 0) is 34.8 Å². The van der Waals surface area contributed by atoms with Crippen LogP contribution in [0.2, 0.25) is 0 Å². The number of carbonyl (C=O) groups excluding carboxylic acids is 3. The number of ether oxygens (including phenoxy) is 2. The molecule has 3 rings (SSSR count). The van der Waals surface area contributed by atoms with Crippen molar-refractivity contribution in [2.24, 2.45) is 11.8 Å². The number of esters is 1. The van der Waals surface area contributed by atoms with E-state index < -0.39 is 68.0 Å². The van der Waals surface area contributed by atoms with Gasteiger partial charge in [-0.25, -0.2) is 4.79 Å². The first-order valence-electron chi connectivity index (χ1n) is 13.8. The molecule has 234 valence electrons. The molecular formula is C31H35N2O9PS. The Hall–Kier alpha value is -4.12. The quantitative estimate of drug-likeness (QED) is 0.106. The van der Waals surface area contributed by atoms with Crippen molar-refractivity contribution in [3.8, 4) is 11.1 Å². The summed E-state index contributed by atoms with van der Waals surface area (Å²) in [6.07, 6.45) is -2.57. The van der Waals surface area contributed by atoms with Gasteiger partial charge in [0.2, 0.25) is 12.2 Å². The highest BCUT2D eigenvalue weighted by atomic mass is 32.1. The predicted octanol–water partition coefficient (Wildman–Crippen LogP) is 5.16. The molecule has 1 aromatic heterocycles. The second-order valence-electron chi connectivity index (χ2n) is 10.5. The molecule has 0 aliphatic heterocycles. The van der Waals surface area contributed by atoms with E-state index in [1.54, 1.807) is 42.8 Å². The van der Waals surface area contributed by atoms with E-state index in [-0.39, 0.29) is 6.42 Å². The van der Waals surface area contributed by atoms with Crippen LogP contribution in [0.5, 0.6) is 0 Å². The van der Waals surface area contributed by atoms with E-state index in [9.17, 15) is 34.0 Å². The van der Waals surface area contributed by atoms with Gasteiger partial charge >= 0.3 is 18.0 Å². The summed E-state index contributed by atoms with van der Waals surface area (Å²) in [7, 11) is -0.931. The number of aliphatic hydroxyl groups is 1. The highest BCUT2D eigenvalue weighted by molar-refractivity contribution is 7.25. The Morgan fingerprint density at radius 1 is 0.909 bits per heavy atom. The lowest BCUT2D eigenvalue weighted by molar-refractivity contribution is -0.169. The highest BCUT2D eigenvalue weighted by Crippen LogP contribution is 2.43. The van der Waals surface area contributed by atoms with Crippen molar-refractivity contribution in [3.63, 3.8) is 0 Å². The molecule has 3 aromatic rings. The Morgan fingerprint density at radius 3 is 2.09 bits per heavy atom. The van der Waals surface area contributed by atoms with E-state index in [2.05, 4.69) is 10.6 Å².